The molecule has 1 heterocycles. The van der Waals surface area contributed by atoms with Crippen molar-refractivity contribution in [2.24, 2.45) is 0 Å². The zero-order chi connectivity index (χ0) is 19.9. The highest BCUT2D eigenvalue weighted by Gasteiger charge is 2.23. The number of amides is 2. The molecule has 6 nitrogen and oxygen atoms in total. The number of carbonyl (C=O) groups is 2. The number of hydrogen-bond donors (Lipinski definition) is 0. The molecular weight excluding hydrogens is 344 g/mol. The van der Waals surface area contributed by atoms with Crippen molar-refractivity contribution in [3.63, 3.8) is 0 Å². The van der Waals surface area contributed by atoms with E-state index in [-0.39, 0.29) is 23.8 Å². The van der Waals surface area contributed by atoms with Gasteiger partial charge in [0.2, 0.25) is 11.8 Å². The molecule has 0 aliphatic carbocycles. The fourth-order valence-corrected chi connectivity index (χ4v) is 3.04. The summed E-state index contributed by atoms with van der Waals surface area (Å²) in [6, 6.07) is 8.15. The van der Waals surface area contributed by atoms with E-state index in [0.29, 0.717) is 45.6 Å². The number of rotatable bonds is 7. The first kappa shape index (κ1) is 21.2. The van der Waals surface area contributed by atoms with Crippen LogP contribution in [0.25, 0.3) is 0 Å². The third kappa shape index (κ3) is 6.54. The van der Waals surface area contributed by atoms with Crippen molar-refractivity contribution >= 4 is 11.8 Å². The monoisotopic (exact) mass is 376 g/mol. The molecule has 0 N–H and O–H groups in total. The lowest BCUT2D eigenvalue weighted by atomic mass is 9.87. The Balaban J connectivity index is 1.66. The van der Waals surface area contributed by atoms with Gasteiger partial charge in [-0.3, -0.25) is 9.59 Å². The lowest BCUT2D eigenvalue weighted by molar-refractivity contribution is -0.141. The molecule has 2 amide bonds. The van der Waals surface area contributed by atoms with Crippen LogP contribution in [0.2, 0.25) is 0 Å². The van der Waals surface area contributed by atoms with E-state index in [9.17, 15) is 9.59 Å². The molecule has 0 atom stereocenters. The summed E-state index contributed by atoms with van der Waals surface area (Å²) in [7, 11) is 1.51. The van der Waals surface area contributed by atoms with E-state index in [1.807, 2.05) is 17.0 Å². The predicted molar refractivity (Wildman–Crippen MR) is 105 cm³/mol. The first-order valence-electron chi connectivity index (χ1n) is 9.59. The third-order valence-corrected chi connectivity index (χ3v) is 4.78. The van der Waals surface area contributed by atoms with Crippen molar-refractivity contribution < 1.29 is 19.1 Å². The van der Waals surface area contributed by atoms with Crippen molar-refractivity contribution in [3.8, 4) is 5.75 Å². The van der Waals surface area contributed by atoms with Crippen LogP contribution >= 0.6 is 0 Å². The molecule has 0 bridgehead atoms. The molecule has 2 rings (SSSR count). The molecule has 1 fully saturated rings. The Bertz CT molecular complexity index is 614. The van der Waals surface area contributed by atoms with Gasteiger partial charge in [-0.05, 0) is 29.5 Å². The first-order chi connectivity index (χ1) is 12.8. The van der Waals surface area contributed by atoms with Crippen molar-refractivity contribution in [2.75, 3.05) is 46.5 Å². The highest BCUT2D eigenvalue weighted by Crippen LogP contribution is 2.24. The fraction of sp³-hybridized carbons (Fsp3) is 0.619. The maximum atomic E-state index is 12.3. The molecule has 1 aliphatic rings. The summed E-state index contributed by atoms with van der Waals surface area (Å²) in [5.74, 6) is 0.941. The van der Waals surface area contributed by atoms with E-state index in [4.69, 9.17) is 9.47 Å². The van der Waals surface area contributed by atoms with E-state index < -0.39 is 0 Å². The Morgan fingerprint density at radius 3 is 2.04 bits per heavy atom. The maximum Gasteiger partial charge on any atom is 0.248 e. The van der Waals surface area contributed by atoms with Crippen LogP contribution in [0.4, 0.5) is 0 Å². The van der Waals surface area contributed by atoms with Crippen molar-refractivity contribution in [1.29, 1.82) is 0 Å². The normalized spacial score (nSPS) is 15.0. The Morgan fingerprint density at radius 1 is 0.963 bits per heavy atom. The molecule has 6 heteroatoms. The SMILES string of the molecule is COCC(=O)N1CCN(C(=O)CCCOc2ccc(C(C)(C)C)cc2)CC1. The van der Waals surface area contributed by atoms with Crippen LogP contribution < -0.4 is 4.74 Å². The molecule has 1 saturated heterocycles. The molecule has 1 aromatic rings. The Labute approximate surface area is 162 Å². The number of methoxy groups -OCH3 is 1. The molecule has 1 aromatic carbocycles. The van der Waals surface area contributed by atoms with Gasteiger partial charge in [-0.25, -0.2) is 0 Å². The molecular formula is C21H32N2O4. The lowest BCUT2D eigenvalue weighted by Crippen LogP contribution is -2.51. The molecule has 0 unspecified atom stereocenters. The minimum atomic E-state index is -0.0181. The Hall–Kier alpha value is -2.08. The summed E-state index contributed by atoms with van der Waals surface area (Å²) in [6.07, 6.45) is 1.15. The van der Waals surface area contributed by atoms with Crippen LogP contribution in [-0.4, -0.2) is 68.1 Å². The van der Waals surface area contributed by atoms with Gasteiger partial charge in [0.15, 0.2) is 0 Å². The summed E-state index contributed by atoms with van der Waals surface area (Å²) in [6.45, 7) is 9.49. The average molecular weight is 376 g/mol. The maximum absolute atomic E-state index is 12.3. The van der Waals surface area contributed by atoms with Gasteiger partial charge in [0, 0.05) is 39.7 Å². The second kappa shape index (κ2) is 9.74. The minimum Gasteiger partial charge on any atom is -0.494 e. The van der Waals surface area contributed by atoms with Crippen LogP contribution in [0.5, 0.6) is 5.75 Å². The molecule has 0 saturated carbocycles. The lowest BCUT2D eigenvalue weighted by Gasteiger charge is -2.34. The number of carbonyl (C=O) groups excluding carboxylic acids is 2. The smallest absolute Gasteiger partial charge is 0.248 e. The summed E-state index contributed by atoms with van der Waals surface area (Å²) in [4.78, 5) is 27.7. The van der Waals surface area contributed by atoms with E-state index >= 15 is 0 Å². The summed E-state index contributed by atoms with van der Waals surface area (Å²) in [5, 5.41) is 0. The Morgan fingerprint density at radius 2 is 1.52 bits per heavy atom. The number of hydrogen-bond acceptors (Lipinski definition) is 4. The topological polar surface area (TPSA) is 59.1 Å². The van der Waals surface area contributed by atoms with Gasteiger partial charge >= 0.3 is 0 Å². The average Bonchev–Trinajstić information content (AvgIpc) is 2.65. The highest BCUT2D eigenvalue weighted by molar-refractivity contribution is 5.79. The fourth-order valence-electron chi connectivity index (χ4n) is 3.04. The summed E-state index contributed by atoms with van der Waals surface area (Å²) < 4.78 is 10.6. The predicted octanol–water partition coefficient (Wildman–Crippen LogP) is 2.46. The van der Waals surface area contributed by atoms with Crippen LogP contribution in [0.15, 0.2) is 24.3 Å². The highest BCUT2D eigenvalue weighted by atomic mass is 16.5. The molecule has 150 valence electrons. The number of nitrogens with zero attached hydrogens (tertiary/aromatic N) is 2. The molecule has 0 radical (unpaired) electrons. The number of piperazine rings is 1. The van der Waals surface area contributed by atoms with Crippen LogP contribution in [0.3, 0.4) is 0 Å². The second-order valence-electron chi connectivity index (χ2n) is 7.92. The van der Waals surface area contributed by atoms with Crippen LogP contribution in [0.1, 0.15) is 39.2 Å². The van der Waals surface area contributed by atoms with Gasteiger partial charge in [-0.2, -0.15) is 0 Å². The zero-order valence-corrected chi connectivity index (χ0v) is 17.0. The van der Waals surface area contributed by atoms with Gasteiger partial charge in [0.05, 0.1) is 6.61 Å². The van der Waals surface area contributed by atoms with Gasteiger partial charge < -0.3 is 19.3 Å². The van der Waals surface area contributed by atoms with Gasteiger partial charge in [0.25, 0.3) is 0 Å². The zero-order valence-electron chi connectivity index (χ0n) is 17.0. The quantitative estimate of drug-likeness (QED) is 0.686. The molecule has 1 aliphatic heterocycles. The first-order valence-corrected chi connectivity index (χ1v) is 9.59. The van der Waals surface area contributed by atoms with Crippen LogP contribution in [0, 0.1) is 0 Å². The molecule has 27 heavy (non-hydrogen) atoms. The van der Waals surface area contributed by atoms with E-state index in [1.165, 1.54) is 12.7 Å². The largest absolute Gasteiger partial charge is 0.494 e. The second-order valence-corrected chi connectivity index (χ2v) is 7.92. The third-order valence-electron chi connectivity index (χ3n) is 4.78. The van der Waals surface area contributed by atoms with Crippen molar-refractivity contribution in [1.82, 2.24) is 9.80 Å². The van der Waals surface area contributed by atoms with E-state index in [1.54, 1.807) is 4.90 Å². The summed E-state index contributed by atoms with van der Waals surface area (Å²) in [5.41, 5.74) is 1.40. The summed E-state index contributed by atoms with van der Waals surface area (Å²) >= 11 is 0. The van der Waals surface area contributed by atoms with Gasteiger partial charge in [0.1, 0.15) is 12.4 Å². The molecule has 0 spiro atoms. The van der Waals surface area contributed by atoms with Crippen molar-refractivity contribution in [2.45, 2.75) is 39.0 Å². The van der Waals surface area contributed by atoms with Gasteiger partial charge in [-0.15, -0.1) is 0 Å². The minimum absolute atomic E-state index is 0.0181. The number of ether oxygens (including phenoxy) is 2. The van der Waals surface area contributed by atoms with Gasteiger partial charge in [-0.1, -0.05) is 32.9 Å². The standard InChI is InChI=1S/C21H32N2O4/c1-21(2,3)17-7-9-18(10-8-17)27-15-5-6-19(24)22-11-13-23(14-12-22)20(25)16-26-4/h7-10H,5-6,11-16H2,1-4H3. The number of benzene rings is 1. The van der Waals surface area contributed by atoms with E-state index in [0.717, 1.165) is 5.75 Å². The van der Waals surface area contributed by atoms with Crippen LogP contribution in [-0.2, 0) is 19.7 Å². The Kier molecular flexibility index (Phi) is 7.66. The van der Waals surface area contributed by atoms with Crippen molar-refractivity contribution in [3.05, 3.63) is 29.8 Å². The molecule has 0 aromatic heterocycles. The van der Waals surface area contributed by atoms with E-state index in [2.05, 4.69) is 32.9 Å².